The molecule has 0 amide bonds. The minimum absolute atomic E-state index is 0.163. The Hall–Kier alpha value is -4.20. The van der Waals surface area contributed by atoms with Gasteiger partial charge in [0.05, 0.1) is 11.4 Å². The van der Waals surface area contributed by atoms with E-state index in [-0.39, 0.29) is 11.0 Å². The van der Waals surface area contributed by atoms with Crippen molar-refractivity contribution in [3.8, 4) is 22.5 Å². The summed E-state index contributed by atoms with van der Waals surface area (Å²) in [6, 6.07) is 17.3. The molecule has 8 nitrogen and oxygen atoms in total. The third kappa shape index (κ3) is 2.32. The smallest absolute Gasteiger partial charge is 0.297 e. The molecule has 0 spiro atoms. The number of anilines is 2. The third-order valence-corrected chi connectivity index (χ3v) is 4.65. The van der Waals surface area contributed by atoms with E-state index in [1.807, 2.05) is 0 Å². The second-order valence-corrected chi connectivity index (χ2v) is 6.51. The zero-order valence-electron chi connectivity index (χ0n) is 14.5. The van der Waals surface area contributed by atoms with Crippen molar-refractivity contribution in [2.24, 2.45) is 0 Å². The maximum atomic E-state index is 12.9. The number of nitrogen functional groups attached to an aromatic ring is 2. The van der Waals surface area contributed by atoms with Gasteiger partial charge in [0.25, 0.3) is 11.1 Å². The highest BCUT2D eigenvalue weighted by molar-refractivity contribution is 5.70. The van der Waals surface area contributed by atoms with Crippen LogP contribution in [0.1, 0.15) is 0 Å². The molecule has 136 valence electrons. The molecule has 28 heavy (non-hydrogen) atoms. The summed E-state index contributed by atoms with van der Waals surface area (Å²) in [6.45, 7) is 0. The highest BCUT2D eigenvalue weighted by Crippen LogP contribution is 2.21. The second kappa shape index (κ2) is 5.65. The van der Waals surface area contributed by atoms with Crippen molar-refractivity contribution in [2.45, 2.75) is 0 Å². The molecular weight excluding hydrogens is 356 g/mol. The second-order valence-electron chi connectivity index (χ2n) is 6.51. The molecule has 0 aliphatic heterocycles. The molecular formula is C20H14N6O2. The molecule has 0 fully saturated rings. The number of hydrogen-bond donors (Lipinski definition) is 2. The first-order chi connectivity index (χ1) is 13.5. The van der Waals surface area contributed by atoms with Crippen molar-refractivity contribution < 1.29 is 0 Å². The first-order valence-electron chi connectivity index (χ1n) is 8.52. The number of fused-ring (bicyclic) bond motifs is 2. The Morgan fingerprint density at radius 1 is 0.607 bits per heavy atom. The predicted molar refractivity (Wildman–Crippen MR) is 107 cm³/mol. The molecule has 2 aromatic carbocycles. The molecule has 3 heterocycles. The van der Waals surface area contributed by atoms with Gasteiger partial charge in [0, 0.05) is 22.5 Å². The van der Waals surface area contributed by atoms with E-state index in [1.165, 1.54) is 0 Å². The molecule has 0 bridgehead atoms. The minimum Gasteiger partial charge on any atom is -0.399 e. The van der Waals surface area contributed by atoms with Crippen molar-refractivity contribution >= 4 is 22.4 Å². The molecule has 0 saturated carbocycles. The van der Waals surface area contributed by atoms with Crippen LogP contribution in [0.4, 0.5) is 11.4 Å². The quantitative estimate of drug-likeness (QED) is 0.456. The van der Waals surface area contributed by atoms with Crippen LogP contribution in [-0.4, -0.2) is 19.2 Å². The van der Waals surface area contributed by atoms with Crippen LogP contribution in [0, 0.1) is 0 Å². The fourth-order valence-corrected chi connectivity index (χ4v) is 3.18. The molecule has 0 aliphatic rings. The zero-order valence-corrected chi connectivity index (χ0v) is 14.5. The summed E-state index contributed by atoms with van der Waals surface area (Å²) in [7, 11) is 0. The van der Waals surface area contributed by atoms with Gasteiger partial charge in [0.15, 0.2) is 0 Å². The van der Waals surface area contributed by atoms with E-state index in [2.05, 4.69) is 10.2 Å². The van der Waals surface area contributed by atoms with Crippen molar-refractivity contribution in [3.05, 3.63) is 81.4 Å². The fourth-order valence-electron chi connectivity index (χ4n) is 3.18. The highest BCUT2D eigenvalue weighted by Gasteiger charge is 2.17. The normalized spacial score (nSPS) is 11.4. The van der Waals surface area contributed by atoms with Gasteiger partial charge in [-0.1, -0.05) is 24.3 Å². The summed E-state index contributed by atoms with van der Waals surface area (Å²) >= 11 is 0. The zero-order chi connectivity index (χ0) is 19.4. The van der Waals surface area contributed by atoms with Gasteiger partial charge in [-0.25, -0.2) is 0 Å². The van der Waals surface area contributed by atoms with Crippen molar-refractivity contribution in [1.29, 1.82) is 0 Å². The Balaban J connectivity index is 1.73. The average molecular weight is 370 g/mol. The Morgan fingerprint density at radius 3 is 1.32 bits per heavy atom. The van der Waals surface area contributed by atoms with Crippen LogP contribution in [0.15, 0.2) is 70.3 Å². The van der Waals surface area contributed by atoms with E-state index >= 15 is 0 Å². The largest absolute Gasteiger partial charge is 0.399 e. The van der Waals surface area contributed by atoms with Gasteiger partial charge in [0.2, 0.25) is 0 Å². The van der Waals surface area contributed by atoms with Crippen molar-refractivity contribution in [1.82, 2.24) is 19.2 Å². The Labute approximate surface area is 157 Å². The van der Waals surface area contributed by atoms with Crippen LogP contribution < -0.4 is 22.6 Å². The molecule has 8 heteroatoms. The molecule has 5 aromatic rings. The lowest BCUT2D eigenvalue weighted by Gasteiger charge is -1.96. The molecule has 5 rings (SSSR count). The first kappa shape index (κ1) is 16.0. The topological polar surface area (TPSA) is 121 Å². The van der Waals surface area contributed by atoms with Gasteiger partial charge in [-0.05, 0) is 36.4 Å². The van der Waals surface area contributed by atoms with E-state index in [4.69, 9.17) is 11.5 Å². The Bertz CT molecular complexity index is 1280. The van der Waals surface area contributed by atoms with Crippen LogP contribution in [0.5, 0.6) is 0 Å². The number of aromatic nitrogens is 4. The van der Waals surface area contributed by atoms with Gasteiger partial charge < -0.3 is 11.5 Å². The van der Waals surface area contributed by atoms with Crippen LogP contribution in [0.2, 0.25) is 0 Å². The summed E-state index contributed by atoms with van der Waals surface area (Å²) in [5.74, 6) is 0. The summed E-state index contributed by atoms with van der Waals surface area (Å²) in [4.78, 5) is 25.8. The predicted octanol–water partition coefficient (Wildman–Crippen LogP) is 1.64. The number of rotatable bonds is 2. The van der Waals surface area contributed by atoms with Gasteiger partial charge >= 0.3 is 0 Å². The molecule has 3 aromatic heterocycles. The van der Waals surface area contributed by atoms with E-state index < -0.39 is 11.1 Å². The van der Waals surface area contributed by atoms with E-state index in [0.29, 0.717) is 22.8 Å². The molecule has 4 N–H and O–H groups in total. The minimum atomic E-state index is -0.412. The Morgan fingerprint density at radius 2 is 0.964 bits per heavy atom. The van der Waals surface area contributed by atoms with Gasteiger partial charge in [-0.15, -0.1) is 0 Å². The Kier molecular flexibility index (Phi) is 3.23. The average Bonchev–Trinajstić information content (AvgIpc) is 3.33. The lowest BCUT2D eigenvalue weighted by molar-refractivity contribution is 0.855. The first-order valence-corrected chi connectivity index (χ1v) is 8.52. The van der Waals surface area contributed by atoms with Crippen LogP contribution in [0.3, 0.4) is 0 Å². The maximum absolute atomic E-state index is 12.9. The van der Waals surface area contributed by atoms with Crippen LogP contribution in [0.25, 0.3) is 33.5 Å². The standard InChI is InChI=1S/C20H14N6O2/c21-13-5-1-11(2-6-13)15-9-17-19(27)26-18(20(28)25(17)23-15)10-16(24-26)12-3-7-14(22)8-4-12/h1-10H,21-22H2. The van der Waals surface area contributed by atoms with Crippen LogP contribution >= 0.6 is 0 Å². The number of hydrogen-bond acceptors (Lipinski definition) is 6. The summed E-state index contributed by atoms with van der Waals surface area (Å²) in [6.07, 6.45) is 0. The molecule has 0 atom stereocenters. The van der Waals surface area contributed by atoms with Gasteiger partial charge in [0.1, 0.15) is 11.0 Å². The molecule has 0 radical (unpaired) electrons. The monoisotopic (exact) mass is 370 g/mol. The summed E-state index contributed by atoms with van der Waals surface area (Å²) in [5.41, 5.74) is 14.7. The number of nitrogens with two attached hydrogens (primary N) is 2. The SMILES string of the molecule is Nc1ccc(-c2cc3c(=O)n4nc(-c5ccc(N)cc5)cc4c(=O)n3n2)cc1. The van der Waals surface area contributed by atoms with Crippen molar-refractivity contribution in [2.75, 3.05) is 11.5 Å². The fraction of sp³-hybridized carbons (Fsp3) is 0. The van der Waals surface area contributed by atoms with E-state index in [9.17, 15) is 9.59 Å². The number of nitrogens with zero attached hydrogens (tertiary/aromatic N) is 4. The number of benzene rings is 2. The maximum Gasteiger partial charge on any atom is 0.297 e. The van der Waals surface area contributed by atoms with Crippen LogP contribution in [-0.2, 0) is 0 Å². The summed E-state index contributed by atoms with van der Waals surface area (Å²) < 4.78 is 2.25. The van der Waals surface area contributed by atoms with E-state index in [1.54, 1.807) is 60.7 Å². The molecule has 0 unspecified atom stereocenters. The summed E-state index contributed by atoms with van der Waals surface area (Å²) in [5, 5.41) is 8.64. The van der Waals surface area contributed by atoms with E-state index in [0.717, 1.165) is 20.2 Å². The van der Waals surface area contributed by atoms with Gasteiger partial charge in [-0.2, -0.15) is 19.2 Å². The van der Waals surface area contributed by atoms with Crippen molar-refractivity contribution in [3.63, 3.8) is 0 Å². The van der Waals surface area contributed by atoms with Gasteiger partial charge in [-0.3, -0.25) is 9.59 Å². The third-order valence-electron chi connectivity index (χ3n) is 4.65. The lowest BCUT2D eigenvalue weighted by Crippen LogP contribution is -2.26. The molecule has 0 aliphatic carbocycles. The molecule has 0 saturated heterocycles. The lowest BCUT2D eigenvalue weighted by atomic mass is 10.1. The highest BCUT2D eigenvalue weighted by atomic mass is 16.2.